The van der Waals surface area contributed by atoms with Crippen molar-refractivity contribution in [3.05, 3.63) is 29.8 Å². The molecule has 0 aliphatic carbocycles. The van der Waals surface area contributed by atoms with Crippen LogP contribution >= 0.6 is 0 Å². The summed E-state index contributed by atoms with van der Waals surface area (Å²) in [6.07, 6.45) is 1.11. The van der Waals surface area contributed by atoms with Crippen molar-refractivity contribution in [1.82, 2.24) is 0 Å². The molecule has 0 aromatic heterocycles. The molecule has 0 aliphatic rings. The highest BCUT2D eigenvalue weighted by Gasteiger charge is 1.99. The van der Waals surface area contributed by atoms with E-state index in [9.17, 15) is 0 Å². The molecule has 0 N–H and O–H groups in total. The summed E-state index contributed by atoms with van der Waals surface area (Å²) in [4.78, 5) is 2.15. The van der Waals surface area contributed by atoms with E-state index in [1.54, 1.807) is 0 Å². The van der Waals surface area contributed by atoms with Gasteiger partial charge in [0.25, 0.3) is 0 Å². The minimum atomic E-state index is 0. The van der Waals surface area contributed by atoms with Crippen molar-refractivity contribution in [1.29, 1.82) is 0 Å². The first kappa shape index (κ1) is 11.0. The first-order chi connectivity index (χ1) is 5.25. The first-order valence-electron chi connectivity index (χ1n) is 4.01. The van der Waals surface area contributed by atoms with Crippen LogP contribution in [0.25, 0.3) is 0 Å². The van der Waals surface area contributed by atoms with Gasteiger partial charge >= 0.3 is 0 Å². The molecule has 0 heterocycles. The summed E-state index contributed by atoms with van der Waals surface area (Å²) < 4.78 is 0. The second-order valence-electron chi connectivity index (χ2n) is 2.88. The van der Waals surface area contributed by atoms with E-state index >= 15 is 0 Å². The molecule has 0 aliphatic heterocycles. The molecule has 0 bridgehead atoms. The molecule has 68 valence electrons. The van der Waals surface area contributed by atoms with Crippen molar-refractivity contribution in [2.24, 2.45) is 0 Å². The van der Waals surface area contributed by atoms with Crippen molar-refractivity contribution in [2.45, 2.75) is 20.8 Å². The molecule has 1 heteroatoms. The van der Waals surface area contributed by atoms with Crippen molar-refractivity contribution >= 4 is 5.69 Å². The van der Waals surface area contributed by atoms with Crippen LogP contribution in [0, 0.1) is 0 Å². The summed E-state index contributed by atoms with van der Waals surface area (Å²) in [6.45, 7) is 2.18. The van der Waals surface area contributed by atoms with Gasteiger partial charge in [0.1, 0.15) is 0 Å². The normalized spacial score (nSPS) is 8.92. The van der Waals surface area contributed by atoms with E-state index in [-0.39, 0.29) is 7.43 Å². The standard InChI is InChI=1S/C10H15N.CH4/c1-4-9-7-5-6-8-10(9)11(2)3;/h5-8H,4H2,1-3H3;1H4. The summed E-state index contributed by atoms with van der Waals surface area (Å²) in [5.41, 5.74) is 2.74. The number of hydrogen-bond acceptors (Lipinski definition) is 1. The minimum absolute atomic E-state index is 0. The van der Waals surface area contributed by atoms with E-state index in [1.165, 1.54) is 11.3 Å². The van der Waals surface area contributed by atoms with Gasteiger partial charge in [-0.2, -0.15) is 0 Å². The van der Waals surface area contributed by atoms with E-state index < -0.39 is 0 Å². The molecule has 0 spiro atoms. The second-order valence-corrected chi connectivity index (χ2v) is 2.88. The van der Waals surface area contributed by atoms with E-state index in [2.05, 4.69) is 50.2 Å². The van der Waals surface area contributed by atoms with Gasteiger partial charge in [-0.05, 0) is 18.1 Å². The minimum Gasteiger partial charge on any atom is -0.377 e. The summed E-state index contributed by atoms with van der Waals surface area (Å²) in [7, 11) is 4.16. The lowest BCUT2D eigenvalue weighted by molar-refractivity contribution is 1.06. The Morgan fingerprint density at radius 2 is 1.75 bits per heavy atom. The number of hydrogen-bond donors (Lipinski definition) is 0. The van der Waals surface area contributed by atoms with Crippen molar-refractivity contribution in [3.63, 3.8) is 0 Å². The van der Waals surface area contributed by atoms with Gasteiger partial charge in [-0.3, -0.25) is 0 Å². The molecule has 0 unspecified atom stereocenters. The lowest BCUT2D eigenvalue weighted by Crippen LogP contribution is -2.10. The summed E-state index contributed by atoms with van der Waals surface area (Å²) in [5, 5.41) is 0. The molecule has 0 atom stereocenters. The van der Waals surface area contributed by atoms with Crippen LogP contribution in [0.4, 0.5) is 5.69 Å². The highest BCUT2D eigenvalue weighted by molar-refractivity contribution is 5.52. The van der Waals surface area contributed by atoms with Gasteiger partial charge in [0, 0.05) is 19.8 Å². The fraction of sp³-hybridized carbons (Fsp3) is 0.455. The maximum Gasteiger partial charge on any atom is 0.0393 e. The second kappa shape index (κ2) is 4.81. The molecule has 0 amide bonds. The van der Waals surface area contributed by atoms with Crippen molar-refractivity contribution < 1.29 is 0 Å². The molecule has 1 rings (SSSR count). The van der Waals surface area contributed by atoms with Crippen LogP contribution in [0.2, 0.25) is 0 Å². The lowest BCUT2D eigenvalue weighted by atomic mass is 10.1. The zero-order valence-electron chi connectivity index (χ0n) is 7.46. The number of para-hydroxylation sites is 1. The number of aryl methyl sites for hydroxylation is 1. The zero-order chi connectivity index (χ0) is 8.27. The zero-order valence-corrected chi connectivity index (χ0v) is 7.46. The van der Waals surface area contributed by atoms with E-state index in [0.717, 1.165) is 6.42 Å². The van der Waals surface area contributed by atoms with Crippen molar-refractivity contribution in [3.8, 4) is 0 Å². The molecule has 0 saturated carbocycles. The number of anilines is 1. The Hall–Kier alpha value is -0.980. The Bertz CT molecular complexity index is 228. The Balaban J connectivity index is 0.00000121. The summed E-state index contributed by atoms with van der Waals surface area (Å²) in [6, 6.07) is 8.49. The van der Waals surface area contributed by atoms with Gasteiger partial charge in [0.2, 0.25) is 0 Å². The Labute approximate surface area is 76.0 Å². The third kappa shape index (κ3) is 2.26. The van der Waals surface area contributed by atoms with Crippen LogP contribution in [0.15, 0.2) is 24.3 Å². The largest absolute Gasteiger partial charge is 0.377 e. The molecule has 12 heavy (non-hydrogen) atoms. The summed E-state index contributed by atoms with van der Waals surface area (Å²) in [5.74, 6) is 0. The molecule has 0 saturated heterocycles. The third-order valence-corrected chi connectivity index (χ3v) is 1.85. The summed E-state index contributed by atoms with van der Waals surface area (Å²) >= 11 is 0. The maximum atomic E-state index is 2.18. The Morgan fingerprint density at radius 3 is 2.17 bits per heavy atom. The molecule has 0 fully saturated rings. The number of nitrogens with zero attached hydrogens (tertiary/aromatic N) is 1. The van der Waals surface area contributed by atoms with Gasteiger partial charge in [0.05, 0.1) is 0 Å². The molecule has 1 aromatic rings. The van der Waals surface area contributed by atoms with Crippen LogP contribution in [0.5, 0.6) is 0 Å². The van der Waals surface area contributed by atoms with E-state index in [1.807, 2.05) is 0 Å². The molecular formula is C11H19N. The van der Waals surface area contributed by atoms with Crippen molar-refractivity contribution in [2.75, 3.05) is 19.0 Å². The average molecular weight is 165 g/mol. The van der Waals surface area contributed by atoms with Crippen LogP contribution in [-0.4, -0.2) is 14.1 Å². The lowest BCUT2D eigenvalue weighted by Gasteiger charge is -2.15. The highest BCUT2D eigenvalue weighted by atomic mass is 15.1. The highest BCUT2D eigenvalue weighted by Crippen LogP contribution is 2.17. The van der Waals surface area contributed by atoms with Crippen LogP contribution < -0.4 is 4.90 Å². The SMILES string of the molecule is C.CCc1ccccc1N(C)C. The maximum absolute atomic E-state index is 2.18. The van der Waals surface area contributed by atoms with Crippen LogP contribution in [0.3, 0.4) is 0 Å². The van der Waals surface area contributed by atoms with Gasteiger partial charge in [-0.15, -0.1) is 0 Å². The van der Waals surface area contributed by atoms with Gasteiger partial charge in [0.15, 0.2) is 0 Å². The smallest absolute Gasteiger partial charge is 0.0393 e. The molecule has 1 nitrogen and oxygen atoms in total. The average Bonchev–Trinajstić information content (AvgIpc) is 2.04. The molecular weight excluding hydrogens is 146 g/mol. The van der Waals surface area contributed by atoms with Gasteiger partial charge in [-0.1, -0.05) is 32.5 Å². The third-order valence-electron chi connectivity index (χ3n) is 1.85. The van der Waals surface area contributed by atoms with E-state index in [4.69, 9.17) is 0 Å². The van der Waals surface area contributed by atoms with Crippen LogP contribution in [-0.2, 0) is 6.42 Å². The topological polar surface area (TPSA) is 3.24 Å². The first-order valence-corrected chi connectivity index (χ1v) is 4.01. The number of benzene rings is 1. The number of rotatable bonds is 2. The predicted molar refractivity (Wildman–Crippen MR) is 56.9 cm³/mol. The van der Waals surface area contributed by atoms with E-state index in [0.29, 0.717) is 0 Å². The molecule has 0 radical (unpaired) electrons. The Morgan fingerprint density at radius 1 is 1.17 bits per heavy atom. The predicted octanol–water partition coefficient (Wildman–Crippen LogP) is 2.95. The van der Waals surface area contributed by atoms with Gasteiger partial charge < -0.3 is 4.90 Å². The quantitative estimate of drug-likeness (QED) is 0.651. The van der Waals surface area contributed by atoms with Crippen LogP contribution in [0.1, 0.15) is 19.9 Å². The molecule has 1 aromatic carbocycles. The Kier molecular flexibility index (Phi) is 4.42. The fourth-order valence-corrected chi connectivity index (χ4v) is 1.25. The van der Waals surface area contributed by atoms with Gasteiger partial charge in [-0.25, -0.2) is 0 Å². The fourth-order valence-electron chi connectivity index (χ4n) is 1.25. The monoisotopic (exact) mass is 165 g/mol.